The molecule has 1 aliphatic heterocycles. The zero-order chi connectivity index (χ0) is 21.7. The van der Waals surface area contributed by atoms with Gasteiger partial charge in [-0.15, -0.1) is 0 Å². The zero-order valence-electron chi connectivity index (χ0n) is 18.3. The number of hydrogen-bond acceptors (Lipinski definition) is 4. The highest BCUT2D eigenvalue weighted by Gasteiger charge is 2.23. The van der Waals surface area contributed by atoms with Crippen LogP contribution < -0.4 is 10.1 Å². The van der Waals surface area contributed by atoms with Gasteiger partial charge in [-0.25, -0.2) is 0 Å². The van der Waals surface area contributed by atoms with Crippen molar-refractivity contribution < 1.29 is 14.3 Å². The van der Waals surface area contributed by atoms with Gasteiger partial charge in [-0.2, -0.15) is 0 Å². The number of hydrogen-bond donors (Lipinski definition) is 1. The van der Waals surface area contributed by atoms with Crippen LogP contribution >= 0.6 is 0 Å². The molecule has 1 fully saturated rings. The summed E-state index contributed by atoms with van der Waals surface area (Å²) >= 11 is 0. The maximum Gasteiger partial charge on any atom is 0.260 e. The smallest absolute Gasteiger partial charge is 0.260 e. The van der Waals surface area contributed by atoms with Crippen LogP contribution in [0.15, 0.2) is 36.4 Å². The Bertz CT molecular complexity index is 898. The molecular formula is C24H31N3O3. The number of piperazine rings is 1. The van der Waals surface area contributed by atoms with Gasteiger partial charge in [-0.3, -0.25) is 14.5 Å². The molecule has 0 aromatic heterocycles. The summed E-state index contributed by atoms with van der Waals surface area (Å²) in [5, 5.41) is 3.03. The van der Waals surface area contributed by atoms with Crippen LogP contribution in [0.1, 0.15) is 22.3 Å². The monoisotopic (exact) mass is 409 g/mol. The number of carbonyl (C=O) groups is 2. The Morgan fingerprint density at radius 3 is 2.27 bits per heavy atom. The van der Waals surface area contributed by atoms with Gasteiger partial charge in [0.15, 0.2) is 6.61 Å². The van der Waals surface area contributed by atoms with Crippen LogP contribution in [0.5, 0.6) is 5.75 Å². The largest absolute Gasteiger partial charge is 0.483 e. The van der Waals surface area contributed by atoms with E-state index in [4.69, 9.17) is 4.74 Å². The molecule has 0 bridgehead atoms. The number of ether oxygens (including phenoxy) is 1. The molecule has 160 valence electrons. The molecule has 0 unspecified atom stereocenters. The third-order valence-corrected chi connectivity index (χ3v) is 5.53. The van der Waals surface area contributed by atoms with E-state index < -0.39 is 0 Å². The van der Waals surface area contributed by atoms with Crippen molar-refractivity contribution in [3.05, 3.63) is 58.7 Å². The van der Waals surface area contributed by atoms with Crippen LogP contribution in [0.3, 0.4) is 0 Å². The Balaban J connectivity index is 1.44. The lowest BCUT2D eigenvalue weighted by atomic mass is 10.1. The topological polar surface area (TPSA) is 61.9 Å². The molecule has 1 aliphatic rings. The second-order valence-electron chi connectivity index (χ2n) is 8.03. The molecule has 1 saturated heterocycles. The highest BCUT2D eigenvalue weighted by molar-refractivity contribution is 5.93. The van der Waals surface area contributed by atoms with Gasteiger partial charge in [0.2, 0.25) is 5.91 Å². The van der Waals surface area contributed by atoms with Gasteiger partial charge in [-0.1, -0.05) is 30.3 Å². The van der Waals surface area contributed by atoms with Crippen LogP contribution in [0, 0.1) is 27.7 Å². The van der Waals surface area contributed by atoms with Crippen LogP contribution in [0.25, 0.3) is 0 Å². The number of anilines is 1. The van der Waals surface area contributed by atoms with Crippen LogP contribution in [0.4, 0.5) is 5.69 Å². The molecular weight excluding hydrogens is 378 g/mol. The van der Waals surface area contributed by atoms with Crippen molar-refractivity contribution in [1.82, 2.24) is 9.80 Å². The van der Waals surface area contributed by atoms with Gasteiger partial charge in [0.1, 0.15) is 5.75 Å². The summed E-state index contributed by atoms with van der Waals surface area (Å²) < 4.78 is 5.74. The molecule has 0 saturated carbocycles. The molecule has 3 rings (SSSR count). The van der Waals surface area contributed by atoms with E-state index in [0.717, 1.165) is 33.7 Å². The number of benzene rings is 2. The van der Waals surface area contributed by atoms with E-state index >= 15 is 0 Å². The van der Waals surface area contributed by atoms with Gasteiger partial charge in [-0.05, 0) is 56.0 Å². The highest BCUT2D eigenvalue weighted by Crippen LogP contribution is 2.20. The quantitative estimate of drug-likeness (QED) is 0.797. The number of nitrogens with one attached hydrogen (secondary N) is 1. The summed E-state index contributed by atoms with van der Waals surface area (Å²) in [6, 6.07) is 12.0. The molecule has 2 amide bonds. The lowest BCUT2D eigenvalue weighted by Crippen LogP contribution is -2.51. The van der Waals surface area contributed by atoms with Gasteiger partial charge < -0.3 is 15.0 Å². The highest BCUT2D eigenvalue weighted by atomic mass is 16.5. The van der Waals surface area contributed by atoms with E-state index in [1.54, 1.807) is 0 Å². The number of para-hydroxylation sites is 1. The van der Waals surface area contributed by atoms with Crippen molar-refractivity contribution in [1.29, 1.82) is 0 Å². The maximum atomic E-state index is 12.5. The molecule has 30 heavy (non-hydrogen) atoms. The Morgan fingerprint density at radius 1 is 0.933 bits per heavy atom. The first kappa shape index (κ1) is 21.8. The Hall–Kier alpha value is -2.86. The predicted octanol–water partition coefficient (Wildman–Crippen LogP) is 3.08. The van der Waals surface area contributed by atoms with Crippen LogP contribution in [0.2, 0.25) is 0 Å². The summed E-state index contributed by atoms with van der Waals surface area (Å²) in [5.74, 6) is 0.714. The summed E-state index contributed by atoms with van der Waals surface area (Å²) in [5.41, 5.74) is 5.13. The first-order valence-electron chi connectivity index (χ1n) is 10.4. The van der Waals surface area contributed by atoms with E-state index in [0.29, 0.717) is 32.7 Å². The Kier molecular flexibility index (Phi) is 7.11. The number of rotatable bonds is 6. The van der Waals surface area contributed by atoms with E-state index in [1.807, 2.05) is 69.0 Å². The van der Waals surface area contributed by atoms with E-state index in [2.05, 4.69) is 10.2 Å². The number of aryl methyl sites for hydroxylation is 4. The molecule has 0 spiro atoms. The van der Waals surface area contributed by atoms with Gasteiger partial charge in [0.05, 0.1) is 6.54 Å². The second-order valence-corrected chi connectivity index (χ2v) is 8.03. The number of carbonyl (C=O) groups excluding carboxylic acids is 2. The molecule has 2 aromatic rings. The fraction of sp³-hybridized carbons (Fsp3) is 0.417. The zero-order valence-corrected chi connectivity index (χ0v) is 18.3. The molecule has 1 heterocycles. The fourth-order valence-corrected chi connectivity index (χ4v) is 3.64. The van der Waals surface area contributed by atoms with Crippen LogP contribution in [-0.4, -0.2) is 60.9 Å². The second kappa shape index (κ2) is 9.76. The minimum Gasteiger partial charge on any atom is -0.483 e. The van der Waals surface area contributed by atoms with Crippen LogP contribution in [-0.2, 0) is 9.59 Å². The standard InChI is InChI=1S/C24H31N3O3/c1-17-8-9-18(2)21(14-17)30-16-23(29)27-12-10-26(11-13-27)15-22(28)25-24-19(3)6-5-7-20(24)4/h5-9,14H,10-13,15-16H2,1-4H3,(H,25,28). The summed E-state index contributed by atoms with van der Waals surface area (Å²) in [6.45, 7) is 10.9. The van der Waals surface area contributed by atoms with Gasteiger partial charge in [0.25, 0.3) is 5.91 Å². The lowest BCUT2D eigenvalue weighted by Gasteiger charge is -2.34. The molecule has 1 N–H and O–H groups in total. The summed E-state index contributed by atoms with van der Waals surface area (Å²) in [4.78, 5) is 28.9. The minimum atomic E-state index is -0.0227. The van der Waals surface area contributed by atoms with E-state index in [9.17, 15) is 9.59 Å². The molecule has 2 aromatic carbocycles. The van der Waals surface area contributed by atoms with Crippen molar-refractivity contribution in [3.63, 3.8) is 0 Å². The SMILES string of the molecule is Cc1ccc(C)c(OCC(=O)N2CCN(CC(=O)Nc3c(C)cccc3C)CC2)c1. The average molecular weight is 410 g/mol. The maximum absolute atomic E-state index is 12.5. The average Bonchev–Trinajstić information content (AvgIpc) is 2.72. The third kappa shape index (κ3) is 5.60. The molecule has 6 nitrogen and oxygen atoms in total. The summed E-state index contributed by atoms with van der Waals surface area (Å²) in [7, 11) is 0. The van der Waals surface area contributed by atoms with Crippen molar-refractivity contribution in [2.75, 3.05) is 44.6 Å². The number of nitrogens with zero attached hydrogens (tertiary/aromatic N) is 2. The van der Waals surface area contributed by atoms with Gasteiger partial charge in [0, 0.05) is 31.9 Å². The normalized spacial score (nSPS) is 14.5. The fourth-order valence-electron chi connectivity index (χ4n) is 3.64. The lowest BCUT2D eigenvalue weighted by molar-refractivity contribution is -0.135. The van der Waals surface area contributed by atoms with Crippen molar-refractivity contribution in [2.24, 2.45) is 0 Å². The first-order chi connectivity index (χ1) is 14.3. The molecule has 6 heteroatoms. The van der Waals surface area contributed by atoms with Crippen molar-refractivity contribution >= 4 is 17.5 Å². The number of amides is 2. The molecule has 0 atom stereocenters. The van der Waals surface area contributed by atoms with E-state index in [1.165, 1.54) is 0 Å². The van der Waals surface area contributed by atoms with Crippen molar-refractivity contribution in [2.45, 2.75) is 27.7 Å². The predicted molar refractivity (Wildman–Crippen MR) is 119 cm³/mol. The molecule has 0 aliphatic carbocycles. The van der Waals surface area contributed by atoms with Crippen molar-refractivity contribution in [3.8, 4) is 5.75 Å². The Labute approximate surface area is 178 Å². The molecule has 0 radical (unpaired) electrons. The first-order valence-corrected chi connectivity index (χ1v) is 10.4. The minimum absolute atomic E-state index is 0.0180. The van der Waals surface area contributed by atoms with Gasteiger partial charge >= 0.3 is 0 Å². The third-order valence-electron chi connectivity index (χ3n) is 5.53. The summed E-state index contributed by atoms with van der Waals surface area (Å²) in [6.07, 6.45) is 0. The van der Waals surface area contributed by atoms with E-state index in [-0.39, 0.29) is 18.4 Å². The Morgan fingerprint density at radius 2 is 1.60 bits per heavy atom.